The van der Waals surface area contributed by atoms with E-state index in [-0.39, 0.29) is 5.91 Å². The van der Waals surface area contributed by atoms with Crippen LogP contribution in [-0.2, 0) is 16.8 Å². The fourth-order valence-corrected chi connectivity index (χ4v) is 2.00. The number of carbonyl (C=O) groups excluding carboxylic acids is 1. The molecule has 0 saturated carbocycles. The fraction of sp³-hybridized carbons (Fsp3) is 0.235. The molecule has 2 aromatic rings. The van der Waals surface area contributed by atoms with Crippen molar-refractivity contribution in [3.8, 4) is 0 Å². The van der Waals surface area contributed by atoms with Crippen molar-refractivity contribution in [1.29, 1.82) is 0 Å². The van der Waals surface area contributed by atoms with E-state index >= 15 is 0 Å². The van der Waals surface area contributed by atoms with Gasteiger partial charge < -0.3 is 11.1 Å². The van der Waals surface area contributed by atoms with E-state index in [1.807, 2.05) is 68.4 Å². The average molecular weight is 268 g/mol. The maximum Gasteiger partial charge on any atom is 0.234 e. The molecule has 0 bridgehead atoms. The van der Waals surface area contributed by atoms with Gasteiger partial charge in [0, 0.05) is 12.2 Å². The summed E-state index contributed by atoms with van der Waals surface area (Å²) in [4.78, 5) is 12.5. The first kappa shape index (κ1) is 14.3. The molecule has 0 aliphatic carbocycles. The van der Waals surface area contributed by atoms with Gasteiger partial charge in [0.2, 0.25) is 5.91 Å². The molecule has 2 rings (SSSR count). The van der Waals surface area contributed by atoms with Crippen LogP contribution in [0.15, 0.2) is 54.6 Å². The first-order chi connectivity index (χ1) is 9.54. The maximum atomic E-state index is 12.5. The second kappa shape index (κ2) is 5.88. The van der Waals surface area contributed by atoms with E-state index in [4.69, 9.17) is 5.73 Å². The number of rotatable bonds is 4. The summed E-state index contributed by atoms with van der Waals surface area (Å²) in [7, 11) is 0. The maximum absolute atomic E-state index is 12.5. The number of carbonyl (C=O) groups is 1. The SMILES string of the molecule is CC(C)(C(=O)Nc1ccc(CN)cc1)c1ccccc1. The Labute approximate surface area is 119 Å². The number of amides is 1. The Morgan fingerprint density at radius 3 is 2.20 bits per heavy atom. The van der Waals surface area contributed by atoms with Crippen molar-refractivity contribution in [2.75, 3.05) is 5.32 Å². The van der Waals surface area contributed by atoms with Gasteiger partial charge in [0.05, 0.1) is 5.41 Å². The highest BCUT2D eigenvalue weighted by molar-refractivity contribution is 5.98. The van der Waals surface area contributed by atoms with Gasteiger partial charge in [0.15, 0.2) is 0 Å². The zero-order chi connectivity index (χ0) is 14.6. The molecule has 104 valence electrons. The summed E-state index contributed by atoms with van der Waals surface area (Å²) in [5.74, 6) is -0.0239. The molecule has 0 spiro atoms. The van der Waals surface area contributed by atoms with Gasteiger partial charge in [-0.3, -0.25) is 4.79 Å². The van der Waals surface area contributed by atoms with Gasteiger partial charge in [-0.15, -0.1) is 0 Å². The lowest BCUT2D eigenvalue weighted by Gasteiger charge is -2.24. The minimum Gasteiger partial charge on any atom is -0.326 e. The molecule has 0 saturated heterocycles. The Morgan fingerprint density at radius 1 is 1.05 bits per heavy atom. The average Bonchev–Trinajstić information content (AvgIpc) is 2.49. The largest absolute Gasteiger partial charge is 0.326 e. The van der Waals surface area contributed by atoms with Gasteiger partial charge >= 0.3 is 0 Å². The van der Waals surface area contributed by atoms with E-state index in [0.717, 1.165) is 16.8 Å². The number of nitrogens with one attached hydrogen (secondary N) is 1. The molecule has 0 aliphatic rings. The third-order valence-corrected chi connectivity index (χ3v) is 3.51. The van der Waals surface area contributed by atoms with Crippen molar-refractivity contribution in [1.82, 2.24) is 0 Å². The van der Waals surface area contributed by atoms with E-state index in [1.165, 1.54) is 0 Å². The van der Waals surface area contributed by atoms with Crippen LogP contribution >= 0.6 is 0 Å². The van der Waals surface area contributed by atoms with E-state index in [9.17, 15) is 4.79 Å². The van der Waals surface area contributed by atoms with Crippen LogP contribution in [0.2, 0.25) is 0 Å². The van der Waals surface area contributed by atoms with Crippen molar-refractivity contribution in [2.24, 2.45) is 5.73 Å². The van der Waals surface area contributed by atoms with Crippen LogP contribution < -0.4 is 11.1 Å². The van der Waals surface area contributed by atoms with Crippen LogP contribution in [-0.4, -0.2) is 5.91 Å². The van der Waals surface area contributed by atoms with E-state index in [1.54, 1.807) is 0 Å². The first-order valence-corrected chi connectivity index (χ1v) is 6.70. The van der Waals surface area contributed by atoms with Gasteiger partial charge in [-0.25, -0.2) is 0 Å². The molecule has 3 heteroatoms. The lowest BCUT2D eigenvalue weighted by molar-refractivity contribution is -0.120. The zero-order valence-corrected chi connectivity index (χ0v) is 11.9. The summed E-state index contributed by atoms with van der Waals surface area (Å²) in [6, 6.07) is 17.4. The minimum absolute atomic E-state index is 0.0239. The quantitative estimate of drug-likeness (QED) is 0.895. The molecule has 20 heavy (non-hydrogen) atoms. The molecule has 3 nitrogen and oxygen atoms in total. The monoisotopic (exact) mass is 268 g/mol. The van der Waals surface area contributed by atoms with Crippen molar-refractivity contribution >= 4 is 11.6 Å². The van der Waals surface area contributed by atoms with Crippen LogP contribution in [0, 0.1) is 0 Å². The van der Waals surface area contributed by atoms with Gasteiger partial charge in [-0.2, -0.15) is 0 Å². The van der Waals surface area contributed by atoms with E-state index in [0.29, 0.717) is 6.54 Å². The Balaban J connectivity index is 2.14. The van der Waals surface area contributed by atoms with E-state index < -0.39 is 5.41 Å². The summed E-state index contributed by atoms with van der Waals surface area (Å²) < 4.78 is 0. The number of hydrogen-bond donors (Lipinski definition) is 2. The van der Waals surface area contributed by atoms with Crippen LogP contribution in [0.25, 0.3) is 0 Å². The predicted molar refractivity (Wildman–Crippen MR) is 82.4 cm³/mol. The number of anilines is 1. The lowest BCUT2D eigenvalue weighted by atomic mass is 9.83. The second-order valence-corrected chi connectivity index (χ2v) is 5.35. The summed E-state index contributed by atoms with van der Waals surface area (Å²) in [5, 5.41) is 2.95. The highest BCUT2D eigenvalue weighted by Crippen LogP contribution is 2.24. The summed E-state index contributed by atoms with van der Waals surface area (Å²) in [5.41, 5.74) is 7.81. The highest BCUT2D eigenvalue weighted by atomic mass is 16.2. The number of nitrogens with two attached hydrogens (primary N) is 1. The standard InChI is InChI=1S/C17H20N2O/c1-17(2,14-6-4-3-5-7-14)16(20)19-15-10-8-13(12-18)9-11-15/h3-11H,12,18H2,1-2H3,(H,19,20). The van der Waals surface area contributed by atoms with Crippen molar-refractivity contribution in [2.45, 2.75) is 25.8 Å². The minimum atomic E-state index is -0.576. The van der Waals surface area contributed by atoms with Crippen molar-refractivity contribution in [3.05, 3.63) is 65.7 Å². The lowest BCUT2D eigenvalue weighted by Crippen LogP contribution is -2.34. The molecular formula is C17H20N2O. The Kier molecular flexibility index (Phi) is 4.20. The smallest absolute Gasteiger partial charge is 0.234 e. The van der Waals surface area contributed by atoms with Gasteiger partial charge in [0.1, 0.15) is 0 Å². The van der Waals surface area contributed by atoms with Gasteiger partial charge in [-0.05, 0) is 37.1 Å². The fourth-order valence-electron chi connectivity index (χ4n) is 2.00. The zero-order valence-electron chi connectivity index (χ0n) is 11.9. The van der Waals surface area contributed by atoms with Crippen LogP contribution in [0.4, 0.5) is 5.69 Å². The molecule has 0 atom stereocenters. The Hall–Kier alpha value is -2.13. The van der Waals surface area contributed by atoms with Crippen molar-refractivity contribution < 1.29 is 4.79 Å². The predicted octanol–water partition coefficient (Wildman–Crippen LogP) is 3.06. The van der Waals surface area contributed by atoms with Crippen LogP contribution in [0.5, 0.6) is 0 Å². The molecular weight excluding hydrogens is 248 g/mol. The number of benzene rings is 2. The topological polar surface area (TPSA) is 55.1 Å². The normalized spacial score (nSPS) is 11.2. The van der Waals surface area contributed by atoms with Crippen LogP contribution in [0.1, 0.15) is 25.0 Å². The first-order valence-electron chi connectivity index (χ1n) is 6.70. The van der Waals surface area contributed by atoms with Crippen molar-refractivity contribution in [3.63, 3.8) is 0 Å². The Bertz CT molecular complexity index is 574. The third-order valence-electron chi connectivity index (χ3n) is 3.51. The third kappa shape index (κ3) is 3.06. The molecule has 2 aromatic carbocycles. The van der Waals surface area contributed by atoms with Gasteiger partial charge in [-0.1, -0.05) is 42.5 Å². The Morgan fingerprint density at radius 2 is 1.65 bits per heavy atom. The molecule has 0 fully saturated rings. The summed E-state index contributed by atoms with van der Waals surface area (Å²) in [6.45, 7) is 4.35. The molecule has 0 aromatic heterocycles. The number of hydrogen-bond acceptors (Lipinski definition) is 2. The highest BCUT2D eigenvalue weighted by Gasteiger charge is 2.29. The molecule has 3 N–H and O–H groups in total. The van der Waals surface area contributed by atoms with Gasteiger partial charge in [0.25, 0.3) is 0 Å². The summed E-state index contributed by atoms with van der Waals surface area (Å²) >= 11 is 0. The summed E-state index contributed by atoms with van der Waals surface area (Å²) in [6.07, 6.45) is 0. The molecule has 0 unspecified atom stereocenters. The second-order valence-electron chi connectivity index (χ2n) is 5.35. The molecule has 0 radical (unpaired) electrons. The van der Waals surface area contributed by atoms with Crippen LogP contribution in [0.3, 0.4) is 0 Å². The molecule has 0 aliphatic heterocycles. The van der Waals surface area contributed by atoms with E-state index in [2.05, 4.69) is 5.32 Å². The molecule has 1 amide bonds. The molecule has 0 heterocycles.